The first kappa shape index (κ1) is 16.7. The molecule has 0 saturated carbocycles. The lowest BCUT2D eigenvalue weighted by atomic mass is 10.0. The summed E-state index contributed by atoms with van der Waals surface area (Å²) in [6.45, 7) is 3.33. The molecule has 130 valence electrons. The number of nitrogens with zero attached hydrogens (tertiary/aromatic N) is 1. The van der Waals surface area contributed by atoms with Crippen LogP contribution in [0.15, 0.2) is 42.5 Å². The Labute approximate surface area is 155 Å². The molecule has 0 bridgehead atoms. The molecule has 0 saturated heterocycles. The molecule has 0 unspecified atom stereocenters. The first-order chi connectivity index (χ1) is 12.5. The average molecular weight is 363 g/mol. The Morgan fingerprint density at radius 2 is 1.85 bits per heavy atom. The first-order valence-corrected chi connectivity index (χ1v) is 9.20. The van der Waals surface area contributed by atoms with Crippen molar-refractivity contribution in [2.75, 3.05) is 6.61 Å². The normalized spacial score (nSPS) is 11.8. The van der Waals surface area contributed by atoms with Crippen molar-refractivity contribution in [3.8, 4) is 11.1 Å². The minimum absolute atomic E-state index is 0.204. The van der Waals surface area contributed by atoms with E-state index in [1.54, 1.807) is 6.92 Å². The summed E-state index contributed by atoms with van der Waals surface area (Å²) in [7, 11) is 0. The molecule has 1 aliphatic carbocycles. The SMILES string of the molecule is Cc1nc(C)c(C(=O)OCC(=O)c2ccc3c(c2)-c2ccccc2C3)s1. The maximum Gasteiger partial charge on any atom is 0.350 e. The molecular formula is C21H17NO3S. The van der Waals surface area contributed by atoms with E-state index in [4.69, 9.17) is 4.74 Å². The van der Waals surface area contributed by atoms with E-state index < -0.39 is 5.97 Å². The first-order valence-electron chi connectivity index (χ1n) is 8.38. The van der Waals surface area contributed by atoms with E-state index >= 15 is 0 Å². The summed E-state index contributed by atoms with van der Waals surface area (Å²) in [6.07, 6.45) is 0.888. The van der Waals surface area contributed by atoms with E-state index in [0.717, 1.165) is 17.0 Å². The number of ether oxygens (including phenoxy) is 1. The highest BCUT2D eigenvalue weighted by atomic mass is 32.1. The Morgan fingerprint density at radius 1 is 1.08 bits per heavy atom. The van der Waals surface area contributed by atoms with E-state index in [9.17, 15) is 9.59 Å². The van der Waals surface area contributed by atoms with Crippen LogP contribution in [0.5, 0.6) is 0 Å². The monoisotopic (exact) mass is 363 g/mol. The second-order valence-corrected chi connectivity index (χ2v) is 7.56. The lowest BCUT2D eigenvalue weighted by Crippen LogP contribution is -2.14. The van der Waals surface area contributed by atoms with E-state index in [2.05, 4.69) is 17.1 Å². The van der Waals surface area contributed by atoms with Crippen LogP contribution in [0.4, 0.5) is 0 Å². The standard InChI is InChI=1S/C21H17NO3S/c1-12-20(26-13(2)22-12)21(24)25-11-19(23)16-8-7-15-9-14-5-3-4-6-17(14)18(15)10-16/h3-8,10H,9,11H2,1-2H3. The van der Waals surface area contributed by atoms with Gasteiger partial charge < -0.3 is 4.74 Å². The number of rotatable bonds is 4. The van der Waals surface area contributed by atoms with Crippen molar-refractivity contribution in [2.24, 2.45) is 0 Å². The van der Waals surface area contributed by atoms with Gasteiger partial charge in [0.2, 0.25) is 0 Å². The van der Waals surface area contributed by atoms with Crippen LogP contribution in [0.3, 0.4) is 0 Å². The highest BCUT2D eigenvalue weighted by Crippen LogP contribution is 2.36. The summed E-state index contributed by atoms with van der Waals surface area (Å²) in [5, 5.41) is 0.804. The van der Waals surface area contributed by atoms with Crippen LogP contribution in [0.25, 0.3) is 11.1 Å². The van der Waals surface area contributed by atoms with Crippen molar-refractivity contribution in [1.82, 2.24) is 4.98 Å². The number of carbonyl (C=O) groups excluding carboxylic acids is 2. The molecule has 0 radical (unpaired) electrons. The highest BCUT2D eigenvalue weighted by Gasteiger charge is 2.21. The Bertz CT molecular complexity index is 1040. The molecule has 1 aliphatic rings. The number of carbonyl (C=O) groups is 2. The molecule has 3 aromatic rings. The zero-order valence-corrected chi connectivity index (χ0v) is 15.4. The molecule has 5 heteroatoms. The number of benzene rings is 2. The molecule has 0 atom stereocenters. The summed E-state index contributed by atoms with van der Waals surface area (Å²) in [5.41, 5.74) is 5.95. The van der Waals surface area contributed by atoms with Crippen LogP contribution >= 0.6 is 11.3 Å². The fourth-order valence-corrected chi connectivity index (χ4v) is 4.11. The van der Waals surface area contributed by atoms with Crippen molar-refractivity contribution in [2.45, 2.75) is 20.3 Å². The van der Waals surface area contributed by atoms with Crippen molar-refractivity contribution >= 4 is 23.1 Å². The minimum Gasteiger partial charge on any atom is -0.453 e. The van der Waals surface area contributed by atoms with Crippen LogP contribution < -0.4 is 0 Å². The van der Waals surface area contributed by atoms with Crippen LogP contribution in [0.1, 0.15) is 41.9 Å². The van der Waals surface area contributed by atoms with Crippen LogP contribution in [-0.4, -0.2) is 23.3 Å². The molecule has 26 heavy (non-hydrogen) atoms. The molecule has 1 heterocycles. The summed E-state index contributed by atoms with van der Waals surface area (Å²) in [5.74, 6) is -0.697. The van der Waals surface area contributed by atoms with Gasteiger partial charge in [-0.25, -0.2) is 9.78 Å². The zero-order valence-electron chi connectivity index (χ0n) is 14.5. The number of fused-ring (bicyclic) bond motifs is 3. The average Bonchev–Trinajstić information content (AvgIpc) is 3.18. The van der Waals surface area contributed by atoms with Crippen LogP contribution in [-0.2, 0) is 11.2 Å². The van der Waals surface area contributed by atoms with Gasteiger partial charge in [-0.3, -0.25) is 4.79 Å². The predicted molar refractivity (Wildman–Crippen MR) is 101 cm³/mol. The van der Waals surface area contributed by atoms with Crippen molar-refractivity contribution in [3.05, 3.63) is 74.7 Å². The summed E-state index contributed by atoms with van der Waals surface area (Å²) in [4.78, 5) is 29.3. The molecule has 0 fully saturated rings. The van der Waals surface area contributed by atoms with Gasteiger partial charge in [0.15, 0.2) is 12.4 Å². The van der Waals surface area contributed by atoms with Crippen molar-refractivity contribution < 1.29 is 14.3 Å². The van der Waals surface area contributed by atoms with Gasteiger partial charge in [-0.1, -0.05) is 36.4 Å². The smallest absolute Gasteiger partial charge is 0.350 e. The third kappa shape index (κ3) is 2.95. The molecule has 0 aliphatic heterocycles. The van der Waals surface area contributed by atoms with Crippen molar-refractivity contribution in [1.29, 1.82) is 0 Å². The van der Waals surface area contributed by atoms with Crippen LogP contribution in [0.2, 0.25) is 0 Å². The third-order valence-corrected chi connectivity index (χ3v) is 5.60. The Hall–Kier alpha value is -2.79. The maximum absolute atomic E-state index is 12.5. The van der Waals surface area contributed by atoms with Gasteiger partial charge in [-0.05, 0) is 48.6 Å². The fourth-order valence-electron chi connectivity index (χ4n) is 3.30. The van der Waals surface area contributed by atoms with Gasteiger partial charge >= 0.3 is 5.97 Å². The number of Topliss-reactive ketones (excluding diaryl/α,β-unsaturated/α-hetero) is 1. The Kier molecular flexibility index (Phi) is 4.17. The molecule has 2 aromatic carbocycles. The molecular weight excluding hydrogens is 346 g/mol. The lowest BCUT2D eigenvalue weighted by molar-refractivity contribution is 0.0478. The molecule has 0 N–H and O–H groups in total. The van der Waals surface area contributed by atoms with Gasteiger partial charge in [-0.2, -0.15) is 0 Å². The zero-order chi connectivity index (χ0) is 18.3. The van der Waals surface area contributed by atoms with Gasteiger partial charge in [-0.15, -0.1) is 11.3 Å². The molecule has 4 rings (SSSR count). The van der Waals surface area contributed by atoms with E-state index in [0.29, 0.717) is 16.1 Å². The van der Waals surface area contributed by atoms with Crippen molar-refractivity contribution in [3.63, 3.8) is 0 Å². The molecule has 1 aromatic heterocycles. The number of aryl methyl sites for hydroxylation is 2. The second kappa shape index (κ2) is 6.50. The van der Waals surface area contributed by atoms with E-state index in [1.807, 2.05) is 37.3 Å². The number of hydrogen-bond acceptors (Lipinski definition) is 5. The molecule has 0 spiro atoms. The number of hydrogen-bond donors (Lipinski definition) is 0. The van der Waals surface area contributed by atoms with E-state index in [-0.39, 0.29) is 12.4 Å². The fraction of sp³-hybridized carbons (Fsp3) is 0.190. The number of esters is 1. The Balaban J connectivity index is 1.50. The molecule has 4 nitrogen and oxygen atoms in total. The quantitative estimate of drug-likeness (QED) is 0.399. The number of ketones is 1. The topological polar surface area (TPSA) is 56.3 Å². The maximum atomic E-state index is 12.5. The van der Waals surface area contributed by atoms with Gasteiger partial charge in [0.1, 0.15) is 4.88 Å². The van der Waals surface area contributed by atoms with Gasteiger partial charge in [0.05, 0.1) is 10.7 Å². The number of thiazole rings is 1. The summed E-state index contributed by atoms with van der Waals surface area (Å²) < 4.78 is 5.21. The van der Waals surface area contributed by atoms with Gasteiger partial charge in [0, 0.05) is 5.56 Å². The largest absolute Gasteiger partial charge is 0.453 e. The molecule has 0 amide bonds. The lowest BCUT2D eigenvalue weighted by Gasteiger charge is -2.06. The number of aromatic nitrogens is 1. The van der Waals surface area contributed by atoms with Gasteiger partial charge in [0.25, 0.3) is 0 Å². The van der Waals surface area contributed by atoms with Crippen LogP contribution in [0, 0.1) is 13.8 Å². The highest BCUT2D eigenvalue weighted by molar-refractivity contribution is 7.13. The third-order valence-electron chi connectivity index (χ3n) is 4.54. The minimum atomic E-state index is -0.493. The summed E-state index contributed by atoms with van der Waals surface area (Å²) in [6, 6.07) is 13.9. The second-order valence-electron chi connectivity index (χ2n) is 6.35. The van der Waals surface area contributed by atoms with E-state index in [1.165, 1.54) is 28.0 Å². The predicted octanol–water partition coefficient (Wildman–Crippen LogP) is 4.37. The Morgan fingerprint density at radius 3 is 2.62 bits per heavy atom. The summed E-state index contributed by atoms with van der Waals surface area (Å²) >= 11 is 1.28.